The molecule has 1 aromatic carbocycles. The molecule has 0 amide bonds. The van der Waals surface area contributed by atoms with Crippen molar-refractivity contribution in [3.8, 4) is 0 Å². The largest absolute Gasteiger partial charge is 0.475 e. The number of ether oxygens (including phenoxy) is 1. The summed E-state index contributed by atoms with van der Waals surface area (Å²) in [6.45, 7) is 1.69. The predicted octanol–water partition coefficient (Wildman–Crippen LogP) is 8.12. The molecule has 0 bridgehead atoms. The first-order chi connectivity index (χ1) is 18.0. The zero-order chi connectivity index (χ0) is 27.0. The van der Waals surface area contributed by atoms with Gasteiger partial charge in [-0.1, -0.05) is 130 Å². The van der Waals surface area contributed by atoms with Crippen molar-refractivity contribution in [2.75, 3.05) is 25.2 Å². The van der Waals surface area contributed by atoms with E-state index in [-0.39, 0.29) is 26.2 Å². The Morgan fingerprint density at radius 1 is 0.865 bits per heavy atom. The number of benzene rings is 1. The molecule has 0 saturated heterocycles. The number of phosphoric acid groups is 1. The number of carbonyl (C=O) groups excluding carboxylic acids is 1. The maximum atomic E-state index is 13.0. The number of hydrogen-bond donors (Lipinski definition) is 1. The number of aliphatic hydroxyl groups excluding tert-OH is 1. The number of halogens is 1. The highest BCUT2D eigenvalue weighted by molar-refractivity contribution is 9.09. The zero-order valence-electron chi connectivity index (χ0n) is 22.6. The summed E-state index contributed by atoms with van der Waals surface area (Å²) in [5, 5.41) is 10.1. The van der Waals surface area contributed by atoms with Crippen molar-refractivity contribution in [2.45, 2.75) is 110 Å². The van der Waals surface area contributed by atoms with Crippen molar-refractivity contribution in [3.05, 3.63) is 35.9 Å². The fraction of sp³-hybridized carbons (Fsp3) is 0.750. The Hall–Kier alpha value is -0.760. The summed E-state index contributed by atoms with van der Waals surface area (Å²) in [6.07, 6.45) is 15.4. The van der Waals surface area contributed by atoms with Gasteiger partial charge in [0.05, 0.1) is 26.4 Å². The van der Waals surface area contributed by atoms with Gasteiger partial charge in [0.25, 0.3) is 0 Å². The summed E-state index contributed by atoms with van der Waals surface area (Å²) < 4.78 is 34.4. The van der Waals surface area contributed by atoms with E-state index in [0.29, 0.717) is 5.33 Å². The highest BCUT2D eigenvalue weighted by Crippen LogP contribution is 2.50. The Kier molecular flexibility index (Phi) is 21.4. The second kappa shape index (κ2) is 23.2. The molecular weight excluding hydrogens is 559 g/mol. The van der Waals surface area contributed by atoms with Crippen LogP contribution in [0.15, 0.2) is 30.3 Å². The fourth-order valence-electron chi connectivity index (χ4n) is 3.82. The molecule has 214 valence electrons. The molecule has 0 radical (unpaired) electrons. The van der Waals surface area contributed by atoms with Gasteiger partial charge in [-0.15, -0.1) is 0 Å². The van der Waals surface area contributed by atoms with E-state index in [2.05, 4.69) is 22.9 Å². The molecule has 9 heteroatoms. The topological polar surface area (TPSA) is 91.3 Å². The molecule has 0 aliphatic rings. The second-order valence-electron chi connectivity index (χ2n) is 9.31. The number of alkyl halides is 1. The van der Waals surface area contributed by atoms with Gasteiger partial charge in [-0.3, -0.25) is 18.4 Å². The van der Waals surface area contributed by atoms with Crippen LogP contribution in [-0.2, 0) is 34.3 Å². The fourth-order valence-corrected chi connectivity index (χ4v) is 5.42. The molecule has 0 fully saturated rings. The van der Waals surface area contributed by atoms with Crippen LogP contribution < -0.4 is 0 Å². The summed E-state index contributed by atoms with van der Waals surface area (Å²) >= 11 is 3.22. The Balaban J connectivity index is 2.19. The van der Waals surface area contributed by atoms with Crippen molar-refractivity contribution >= 4 is 29.7 Å². The highest BCUT2D eigenvalue weighted by Gasteiger charge is 2.29. The standard InChI is InChI=1S/C28H48BrO7P/c1-2-3-4-5-6-7-8-9-10-11-12-13-17-20-28(31)36-27(23-30)25-35-37(32,33-22-21-29)34-24-26-18-15-14-16-19-26/h14-16,18-19,27,30H,2-13,17,20-25H2,1H3/t27-,37?/m1/s1. The van der Waals surface area contributed by atoms with E-state index in [9.17, 15) is 14.5 Å². The summed E-state index contributed by atoms with van der Waals surface area (Å²) in [7, 11) is -3.90. The minimum Gasteiger partial charge on any atom is -0.457 e. The lowest BCUT2D eigenvalue weighted by molar-refractivity contribution is -0.153. The van der Waals surface area contributed by atoms with E-state index in [1.54, 1.807) is 0 Å². The van der Waals surface area contributed by atoms with E-state index < -0.39 is 26.5 Å². The number of rotatable bonds is 25. The third kappa shape index (κ3) is 19.0. The molecule has 1 N–H and O–H groups in total. The maximum absolute atomic E-state index is 13.0. The number of carbonyl (C=O) groups is 1. The minimum absolute atomic E-state index is 0.0447. The Morgan fingerprint density at radius 2 is 1.43 bits per heavy atom. The molecular formula is C28H48BrO7P. The summed E-state index contributed by atoms with van der Waals surface area (Å²) in [5.74, 6) is -0.396. The van der Waals surface area contributed by atoms with E-state index in [1.807, 2.05) is 30.3 Å². The molecule has 2 atom stereocenters. The third-order valence-corrected chi connectivity index (χ3v) is 7.70. The lowest BCUT2D eigenvalue weighted by Gasteiger charge is -2.21. The summed E-state index contributed by atoms with van der Waals surface area (Å²) in [4.78, 5) is 12.2. The average molecular weight is 608 g/mol. The van der Waals surface area contributed by atoms with Crippen molar-refractivity contribution in [3.63, 3.8) is 0 Å². The van der Waals surface area contributed by atoms with Crippen LogP contribution >= 0.6 is 23.8 Å². The first-order valence-corrected chi connectivity index (χ1v) is 16.5. The molecule has 0 saturated carbocycles. The molecule has 0 aliphatic carbocycles. The quantitative estimate of drug-likeness (QED) is 0.0520. The Bertz CT molecular complexity index is 720. The normalized spacial score (nSPS) is 13.8. The number of aliphatic hydroxyl groups is 1. The van der Waals surface area contributed by atoms with Crippen LogP contribution in [0, 0.1) is 0 Å². The van der Waals surface area contributed by atoms with Crippen LogP contribution in [0.2, 0.25) is 0 Å². The lowest BCUT2D eigenvalue weighted by atomic mass is 10.0. The summed E-state index contributed by atoms with van der Waals surface area (Å²) in [6, 6.07) is 9.25. The van der Waals surface area contributed by atoms with Gasteiger partial charge < -0.3 is 9.84 Å². The minimum atomic E-state index is -3.90. The Labute approximate surface area is 232 Å². The monoisotopic (exact) mass is 606 g/mol. The molecule has 0 heterocycles. The van der Waals surface area contributed by atoms with E-state index in [4.69, 9.17) is 18.3 Å². The molecule has 1 aromatic rings. The lowest BCUT2D eigenvalue weighted by Crippen LogP contribution is -2.27. The van der Waals surface area contributed by atoms with Crippen molar-refractivity contribution in [2.24, 2.45) is 0 Å². The second-order valence-corrected chi connectivity index (χ2v) is 11.8. The maximum Gasteiger partial charge on any atom is 0.475 e. The number of hydrogen-bond acceptors (Lipinski definition) is 7. The third-order valence-electron chi connectivity index (χ3n) is 5.96. The van der Waals surface area contributed by atoms with Gasteiger partial charge in [-0.05, 0) is 12.0 Å². The molecule has 1 rings (SSSR count). The Morgan fingerprint density at radius 3 is 1.97 bits per heavy atom. The molecule has 0 aliphatic heterocycles. The van der Waals surface area contributed by atoms with Gasteiger partial charge in [-0.25, -0.2) is 4.57 Å². The van der Waals surface area contributed by atoms with Crippen LogP contribution in [0.1, 0.15) is 102 Å². The smallest absolute Gasteiger partial charge is 0.457 e. The van der Waals surface area contributed by atoms with Gasteiger partial charge in [0.15, 0.2) is 0 Å². The van der Waals surface area contributed by atoms with Gasteiger partial charge in [0.1, 0.15) is 6.10 Å². The molecule has 1 unspecified atom stereocenters. The van der Waals surface area contributed by atoms with Crippen molar-refractivity contribution < 1.29 is 32.8 Å². The summed E-state index contributed by atoms with van der Waals surface area (Å²) in [5.41, 5.74) is 0.816. The van der Waals surface area contributed by atoms with Gasteiger partial charge in [0.2, 0.25) is 0 Å². The van der Waals surface area contributed by atoms with E-state index in [0.717, 1.165) is 24.8 Å². The van der Waals surface area contributed by atoms with Crippen molar-refractivity contribution in [1.29, 1.82) is 0 Å². The number of esters is 1. The van der Waals surface area contributed by atoms with Gasteiger partial charge in [-0.2, -0.15) is 0 Å². The predicted molar refractivity (Wildman–Crippen MR) is 152 cm³/mol. The molecule has 0 aromatic heterocycles. The van der Waals surface area contributed by atoms with Gasteiger partial charge in [0, 0.05) is 11.8 Å². The first-order valence-electron chi connectivity index (χ1n) is 14.0. The highest BCUT2D eigenvalue weighted by atomic mass is 79.9. The number of phosphoric ester groups is 1. The van der Waals surface area contributed by atoms with Crippen LogP contribution in [0.4, 0.5) is 0 Å². The average Bonchev–Trinajstić information content (AvgIpc) is 2.92. The van der Waals surface area contributed by atoms with Crippen LogP contribution in [0.5, 0.6) is 0 Å². The SMILES string of the molecule is CCCCCCCCCCCCCCCC(=O)O[C@H](CO)COP(=O)(OCCBr)OCc1ccccc1. The van der Waals surface area contributed by atoms with Gasteiger partial charge >= 0.3 is 13.8 Å². The van der Waals surface area contributed by atoms with Crippen LogP contribution in [-0.4, -0.2) is 42.3 Å². The molecule has 7 nitrogen and oxygen atoms in total. The van der Waals surface area contributed by atoms with Crippen LogP contribution in [0.25, 0.3) is 0 Å². The first kappa shape index (κ1) is 34.3. The zero-order valence-corrected chi connectivity index (χ0v) is 25.1. The van der Waals surface area contributed by atoms with Crippen LogP contribution in [0.3, 0.4) is 0 Å². The molecule has 0 spiro atoms. The molecule has 37 heavy (non-hydrogen) atoms. The number of unbranched alkanes of at least 4 members (excludes halogenated alkanes) is 12. The van der Waals surface area contributed by atoms with E-state index >= 15 is 0 Å². The van der Waals surface area contributed by atoms with Crippen molar-refractivity contribution in [1.82, 2.24) is 0 Å². The van der Waals surface area contributed by atoms with E-state index in [1.165, 1.54) is 64.2 Å².